The van der Waals surface area contributed by atoms with Crippen LogP contribution in [0.5, 0.6) is 5.75 Å². The smallest absolute Gasteiger partial charge is 0.367 e. The van der Waals surface area contributed by atoms with Gasteiger partial charge in [0.15, 0.2) is 0 Å². The average Bonchev–Trinajstić information content (AvgIpc) is 2.76. The SMILES string of the molecule is CCCCCCCCCCCCCCCC(=O)NS(=O)(=O)Oc1ccc2ncccc2c1. The van der Waals surface area contributed by atoms with Crippen molar-refractivity contribution in [3.8, 4) is 5.75 Å². The number of hydrogen-bond acceptors (Lipinski definition) is 5. The van der Waals surface area contributed by atoms with Crippen LogP contribution >= 0.6 is 0 Å². The summed E-state index contributed by atoms with van der Waals surface area (Å²) in [5, 5.41) is 0.763. The third-order valence-corrected chi connectivity index (χ3v) is 6.42. The number of fused-ring (bicyclic) bond motifs is 1. The number of rotatable bonds is 17. The van der Waals surface area contributed by atoms with E-state index in [1.54, 1.807) is 24.4 Å². The van der Waals surface area contributed by atoms with Gasteiger partial charge in [0, 0.05) is 18.0 Å². The van der Waals surface area contributed by atoms with Gasteiger partial charge in [-0.05, 0) is 30.7 Å². The van der Waals surface area contributed by atoms with Crippen molar-refractivity contribution < 1.29 is 17.4 Å². The number of hydrogen-bond donors (Lipinski definition) is 1. The summed E-state index contributed by atoms with van der Waals surface area (Å²) in [5.74, 6) is -0.387. The Balaban J connectivity index is 1.52. The molecule has 0 bridgehead atoms. The van der Waals surface area contributed by atoms with Gasteiger partial charge in [-0.15, -0.1) is 0 Å². The van der Waals surface area contributed by atoms with E-state index in [0.29, 0.717) is 6.42 Å². The second kappa shape index (κ2) is 14.8. The van der Waals surface area contributed by atoms with Gasteiger partial charge in [-0.2, -0.15) is 8.42 Å². The maximum absolute atomic E-state index is 12.1. The molecule has 7 heteroatoms. The molecule has 178 valence electrons. The summed E-state index contributed by atoms with van der Waals surface area (Å²) < 4.78 is 31.2. The fourth-order valence-corrected chi connectivity index (χ4v) is 4.53. The maximum Gasteiger partial charge on any atom is 0.409 e. The van der Waals surface area contributed by atoms with Gasteiger partial charge in [0.1, 0.15) is 5.75 Å². The quantitative estimate of drug-likeness (QED) is 0.273. The van der Waals surface area contributed by atoms with Crippen molar-refractivity contribution in [2.75, 3.05) is 0 Å². The monoisotopic (exact) mass is 462 g/mol. The molecule has 0 saturated carbocycles. The Labute approximate surface area is 193 Å². The van der Waals surface area contributed by atoms with E-state index >= 15 is 0 Å². The summed E-state index contributed by atoms with van der Waals surface area (Å²) >= 11 is 0. The number of carbonyl (C=O) groups excluding carboxylic acids is 1. The zero-order valence-corrected chi connectivity index (χ0v) is 20.2. The van der Waals surface area contributed by atoms with Crippen LogP contribution in [-0.4, -0.2) is 19.3 Å². The molecule has 0 saturated heterocycles. The third-order valence-electron chi connectivity index (χ3n) is 5.53. The van der Waals surface area contributed by atoms with Crippen molar-refractivity contribution in [2.24, 2.45) is 0 Å². The molecule has 6 nitrogen and oxygen atoms in total. The molecule has 0 fully saturated rings. The maximum atomic E-state index is 12.1. The molecule has 0 unspecified atom stereocenters. The highest BCUT2D eigenvalue weighted by Gasteiger charge is 2.16. The molecule has 2 aromatic rings. The minimum Gasteiger partial charge on any atom is -0.367 e. The van der Waals surface area contributed by atoms with E-state index in [2.05, 4.69) is 11.9 Å². The summed E-state index contributed by atoms with van der Waals surface area (Å²) in [5.41, 5.74) is 0.740. The van der Waals surface area contributed by atoms with Crippen molar-refractivity contribution in [2.45, 2.75) is 96.8 Å². The van der Waals surface area contributed by atoms with Crippen LogP contribution in [0.1, 0.15) is 96.8 Å². The lowest BCUT2D eigenvalue weighted by Crippen LogP contribution is -2.33. The Bertz CT molecular complexity index is 915. The summed E-state index contributed by atoms with van der Waals surface area (Å²) in [6, 6.07) is 8.35. The van der Waals surface area contributed by atoms with Crippen LogP contribution in [-0.2, 0) is 15.1 Å². The number of amides is 1. The van der Waals surface area contributed by atoms with E-state index in [1.807, 2.05) is 10.8 Å². The first-order valence-electron chi connectivity index (χ1n) is 12.1. The number of unbranched alkanes of at least 4 members (excludes halogenated alkanes) is 12. The highest BCUT2D eigenvalue weighted by Crippen LogP contribution is 2.20. The fourth-order valence-electron chi connectivity index (χ4n) is 3.75. The standard InChI is InChI=1S/C25H38N2O4S/c1-2-3-4-5-6-7-8-9-10-11-12-13-14-17-25(28)27-32(29,30)31-23-18-19-24-22(21-23)16-15-20-26-24/h15-16,18-21H,2-14,17H2,1H3,(H,27,28). The number of pyridine rings is 1. The first kappa shape index (κ1) is 26.1. The van der Waals surface area contributed by atoms with Crippen LogP contribution in [0.2, 0.25) is 0 Å². The van der Waals surface area contributed by atoms with Gasteiger partial charge in [0.05, 0.1) is 5.52 Å². The van der Waals surface area contributed by atoms with Crippen LogP contribution < -0.4 is 8.91 Å². The molecule has 1 heterocycles. The van der Waals surface area contributed by atoms with Crippen molar-refractivity contribution in [3.05, 3.63) is 36.5 Å². The molecular formula is C25H38N2O4S. The van der Waals surface area contributed by atoms with Crippen molar-refractivity contribution in [1.29, 1.82) is 0 Å². The van der Waals surface area contributed by atoms with E-state index in [0.717, 1.165) is 23.7 Å². The molecule has 0 aliphatic heterocycles. The molecule has 1 aromatic heterocycles. The van der Waals surface area contributed by atoms with Crippen LogP contribution in [0.15, 0.2) is 36.5 Å². The van der Waals surface area contributed by atoms with E-state index < -0.39 is 16.2 Å². The molecule has 0 atom stereocenters. The molecule has 0 aliphatic carbocycles. The number of benzene rings is 1. The zero-order valence-electron chi connectivity index (χ0n) is 19.4. The molecule has 1 N–H and O–H groups in total. The lowest BCUT2D eigenvalue weighted by Gasteiger charge is -2.09. The number of aromatic nitrogens is 1. The zero-order chi connectivity index (χ0) is 23.1. The number of nitrogens with one attached hydrogen (secondary N) is 1. The Kier molecular flexibility index (Phi) is 12.1. The van der Waals surface area contributed by atoms with E-state index in [4.69, 9.17) is 4.18 Å². The number of carbonyl (C=O) groups is 1. The predicted octanol–water partition coefficient (Wildman–Crippen LogP) is 6.46. The Morgan fingerprint density at radius 2 is 1.47 bits per heavy atom. The van der Waals surface area contributed by atoms with E-state index in [9.17, 15) is 13.2 Å². The Morgan fingerprint density at radius 3 is 2.09 bits per heavy atom. The highest BCUT2D eigenvalue weighted by molar-refractivity contribution is 7.85. The minimum absolute atomic E-state index is 0.145. The average molecular weight is 463 g/mol. The molecule has 32 heavy (non-hydrogen) atoms. The number of nitrogens with zero attached hydrogens (tertiary/aromatic N) is 1. The largest absolute Gasteiger partial charge is 0.409 e. The Morgan fingerprint density at radius 1 is 0.875 bits per heavy atom. The first-order valence-corrected chi connectivity index (χ1v) is 13.5. The first-order chi connectivity index (χ1) is 15.5. The van der Waals surface area contributed by atoms with Gasteiger partial charge in [-0.1, -0.05) is 90.0 Å². The lowest BCUT2D eigenvalue weighted by molar-refractivity contribution is -0.119. The van der Waals surface area contributed by atoms with Gasteiger partial charge in [0.25, 0.3) is 0 Å². The molecule has 0 aliphatic rings. The van der Waals surface area contributed by atoms with Crippen LogP contribution in [0.4, 0.5) is 0 Å². The molecule has 2 rings (SSSR count). The highest BCUT2D eigenvalue weighted by atomic mass is 32.2. The second-order valence-electron chi connectivity index (χ2n) is 8.41. The molecule has 1 amide bonds. The summed E-state index contributed by atoms with van der Waals surface area (Å²) in [6.45, 7) is 2.24. The van der Waals surface area contributed by atoms with Gasteiger partial charge in [-0.25, -0.2) is 4.72 Å². The van der Waals surface area contributed by atoms with Crippen molar-refractivity contribution in [1.82, 2.24) is 9.71 Å². The van der Waals surface area contributed by atoms with Gasteiger partial charge in [-0.3, -0.25) is 9.78 Å². The van der Waals surface area contributed by atoms with Crippen molar-refractivity contribution >= 4 is 27.1 Å². The van der Waals surface area contributed by atoms with Gasteiger partial charge in [0.2, 0.25) is 5.91 Å². The topological polar surface area (TPSA) is 85.4 Å². The summed E-state index contributed by atoms with van der Waals surface area (Å²) in [4.78, 5) is 16.2. The van der Waals surface area contributed by atoms with Crippen LogP contribution in [0.25, 0.3) is 10.9 Å². The molecule has 1 aromatic carbocycles. The van der Waals surface area contributed by atoms with E-state index in [1.165, 1.54) is 70.3 Å². The molecule has 0 spiro atoms. The van der Waals surface area contributed by atoms with E-state index in [-0.39, 0.29) is 12.2 Å². The van der Waals surface area contributed by atoms with Crippen molar-refractivity contribution in [3.63, 3.8) is 0 Å². The molecular weight excluding hydrogens is 424 g/mol. The minimum atomic E-state index is -4.19. The predicted molar refractivity (Wildman–Crippen MR) is 130 cm³/mol. The van der Waals surface area contributed by atoms with Gasteiger partial charge < -0.3 is 4.18 Å². The van der Waals surface area contributed by atoms with Gasteiger partial charge >= 0.3 is 10.3 Å². The normalized spacial score (nSPS) is 11.5. The second-order valence-corrected chi connectivity index (χ2v) is 9.69. The molecule has 0 radical (unpaired) electrons. The lowest BCUT2D eigenvalue weighted by atomic mass is 10.0. The van der Waals surface area contributed by atoms with Crippen LogP contribution in [0.3, 0.4) is 0 Å². The third kappa shape index (κ3) is 10.9. The summed E-state index contributed by atoms with van der Waals surface area (Å²) in [7, 11) is -4.19. The summed E-state index contributed by atoms with van der Waals surface area (Å²) in [6.07, 6.45) is 17.7. The Hall–Kier alpha value is -2.15. The van der Waals surface area contributed by atoms with Crippen LogP contribution in [0, 0.1) is 0 Å². The fraction of sp³-hybridized carbons (Fsp3) is 0.600.